The van der Waals surface area contributed by atoms with Gasteiger partial charge in [0.25, 0.3) is 15.9 Å². The van der Waals surface area contributed by atoms with Gasteiger partial charge < -0.3 is 4.74 Å². The van der Waals surface area contributed by atoms with Gasteiger partial charge in [0.2, 0.25) is 0 Å². The van der Waals surface area contributed by atoms with Crippen molar-refractivity contribution in [2.24, 2.45) is 23.7 Å². The highest BCUT2D eigenvalue weighted by Crippen LogP contribution is 2.44. The minimum atomic E-state index is -3.55. The van der Waals surface area contributed by atoms with Crippen LogP contribution in [-0.2, 0) is 14.8 Å². The Bertz CT molecular complexity index is 940. The van der Waals surface area contributed by atoms with Gasteiger partial charge in [-0.1, -0.05) is 51.2 Å². The smallest absolute Gasteiger partial charge is 0.266 e. The number of morpholine rings is 1. The number of carbonyl (C=O) groups is 1. The topological polar surface area (TPSA) is 75.7 Å². The van der Waals surface area contributed by atoms with Crippen molar-refractivity contribution < 1.29 is 17.9 Å². The Morgan fingerprint density at radius 3 is 2.41 bits per heavy atom. The van der Waals surface area contributed by atoms with E-state index in [9.17, 15) is 13.2 Å². The molecule has 2 heterocycles. The van der Waals surface area contributed by atoms with Crippen LogP contribution in [0.25, 0.3) is 0 Å². The lowest BCUT2D eigenvalue weighted by atomic mass is 9.66. The molecule has 4 aliphatic rings. The Labute approximate surface area is 205 Å². The Morgan fingerprint density at radius 2 is 1.71 bits per heavy atom. The number of nitrogens with zero attached hydrogens (tertiary/aromatic N) is 1. The molecule has 7 heteroatoms. The summed E-state index contributed by atoms with van der Waals surface area (Å²) in [6.45, 7) is 10.5. The normalized spacial score (nSPS) is 33.6. The maximum absolute atomic E-state index is 11.1. The van der Waals surface area contributed by atoms with Crippen LogP contribution in [-0.4, -0.2) is 51.1 Å². The van der Waals surface area contributed by atoms with Crippen LogP contribution >= 0.6 is 0 Å². The first kappa shape index (κ1) is 25.6. The van der Waals surface area contributed by atoms with Gasteiger partial charge in [-0.25, -0.2) is 13.1 Å². The zero-order valence-electron chi connectivity index (χ0n) is 21.0. The number of amides is 1. The van der Waals surface area contributed by atoms with Crippen molar-refractivity contribution in [3.8, 4) is 0 Å². The number of rotatable bonds is 4. The molecule has 0 spiro atoms. The summed E-state index contributed by atoms with van der Waals surface area (Å²) in [5, 5.41) is 0. The fourth-order valence-corrected chi connectivity index (χ4v) is 7.99. The Hall–Kier alpha value is -1.44. The summed E-state index contributed by atoms with van der Waals surface area (Å²) in [6.07, 6.45) is 13.0. The van der Waals surface area contributed by atoms with Crippen molar-refractivity contribution in [2.75, 3.05) is 19.6 Å². The molecule has 1 saturated heterocycles. The number of fused-ring (bicyclic) bond motifs is 2. The first-order chi connectivity index (χ1) is 16.2. The predicted octanol–water partition coefficient (Wildman–Crippen LogP) is 4.85. The summed E-state index contributed by atoms with van der Waals surface area (Å²) in [6, 6.07) is 6.09. The van der Waals surface area contributed by atoms with Crippen molar-refractivity contribution >= 4 is 15.9 Å². The summed E-state index contributed by atoms with van der Waals surface area (Å²) in [7, 11) is -3.55. The standard InChI is InChI=1S/C20H37NO.C7H5NO3S/c1-15(12-21-13-16(2)22-17(3)14-21)10-18-8-9-19-6-4-5-7-20(19)11-18;9-7-5-3-1-2-4-6(5)12(10,11)8-7/h15-20H,4-14H2,1-3H3;1-4H,(H,8,9). The molecule has 2 aliphatic heterocycles. The molecule has 6 nitrogen and oxygen atoms in total. The predicted molar refractivity (Wildman–Crippen MR) is 134 cm³/mol. The van der Waals surface area contributed by atoms with E-state index < -0.39 is 15.9 Å². The molecule has 190 valence electrons. The largest absolute Gasteiger partial charge is 0.373 e. The summed E-state index contributed by atoms with van der Waals surface area (Å²) in [4.78, 5) is 13.7. The third kappa shape index (κ3) is 6.41. The first-order valence-corrected chi connectivity index (χ1v) is 14.7. The molecule has 6 unspecified atom stereocenters. The van der Waals surface area contributed by atoms with Crippen LogP contribution in [0, 0.1) is 23.7 Å². The van der Waals surface area contributed by atoms with Crippen LogP contribution in [0.5, 0.6) is 0 Å². The summed E-state index contributed by atoms with van der Waals surface area (Å²) >= 11 is 0. The zero-order valence-corrected chi connectivity index (χ0v) is 21.9. The van der Waals surface area contributed by atoms with Crippen LogP contribution in [0.3, 0.4) is 0 Å². The molecule has 1 aromatic rings. The summed E-state index contributed by atoms with van der Waals surface area (Å²) < 4.78 is 30.0. The molecule has 34 heavy (non-hydrogen) atoms. The van der Waals surface area contributed by atoms with Gasteiger partial charge in [0, 0.05) is 19.6 Å². The van der Waals surface area contributed by atoms with Gasteiger partial charge in [0.05, 0.1) is 17.8 Å². The second-order valence-electron chi connectivity index (χ2n) is 11.2. The van der Waals surface area contributed by atoms with Crippen LogP contribution in [0.2, 0.25) is 0 Å². The number of benzene rings is 1. The van der Waals surface area contributed by atoms with Crippen molar-refractivity contribution in [3.63, 3.8) is 0 Å². The third-order valence-electron chi connectivity index (χ3n) is 8.10. The van der Waals surface area contributed by atoms with Crippen LogP contribution in [0.1, 0.15) is 82.5 Å². The van der Waals surface area contributed by atoms with Crippen molar-refractivity contribution in [2.45, 2.75) is 89.2 Å². The second-order valence-corrected chi connectivity index (χ2v) is 12.9. The van der Waals surface area contributed by atoms with Crippen molar-refractivity contribution in [3.05, 3.63) is 29.8 Å². The quantitative estimate of drug-likeness (QED) is 0.653. The lowest BCUT2D eigenvalue weighted by molar-refractivity contribution is -0.0717. The lowest BCUT2D eigenvalue weighted by Gasteiger charge is -2.41. The van der Waals surface area contributed by atoms with Crippen LogP contribution in [0.15, 0.2) is 29.2 Å². The molecule has 3 fully saturated rings. The summed E-state index contributed by atoms with van der Waals surface area (Å²) in [5.41, 5.74) is 0.220. The second kappa shape index (κ2) is 11.1. The van der Waals surface area contributed by atoms with Crippen LogP contribution in [0.4, 0.5) is 0 Å². The van der Waals surface area contributed by atoms with E-state index in [4.69, 9.17) is 4.74 Å². The fraction of sp³-hybridized carbons (Fsp3) is 0.741. The highest BCUT2D eigenvalue weighted by Gasteiger charge is 2.33. The number of nitrogens with one attached hydrogen (secondary N) is 1. The molecule has 1 amide bonds. The Morgan fingerprint density at radius 1 is 1.03 bits per heavy atom. The van der Waals surface area contributed by atoms with Crippen LogP contribution < -0.4 is 4.72 Å². The molecule has 0 aromatic heterocycles. The Balaban J connectivity index is 0.000000192. The van der Waals surface area contributed by atoms with E-state index in [1.807, 2.05) is 4.72 Å². The van der Waals surface area contributed by atoms with Gasteiger partial charge >= 0.3 is 0 Å². The van der Waals surface area contributed by atoms with E-state index in [0.29, 0.717) is 12.2 Å². The van der Waals surface area contributed by atoms with E-state index >= 15 is 0 Å². The minimum absolute atomic E-state index is 0.0648. The van der Waals surface area contributed by atoms with Gasteiger partial charge in [0.15, 0.2) is 0 Å². The first-order valence-electron chi connectivity index (χ1n) is 13.2. The number of sulfonamides is 1. The molecule has 0 radical (unpaired) electrons. The number of carbonyl (C=O) groups excluding carboxylic acids is 1. The molecule has 0 bridgehead atoms. The van der Waals surface area contributed by atoms with Crippen molar-refractivity contribution in [1.29, 1.82) is 0 Å². The van der Waals surface area contributed by atoms with Gasteiger partial charge in [0.1, 0.15) is 4.90 Å². The molecule has 1 N–H and O–H groups in total. The van der Waals surface area contributed by atoms with Gasteiger partial charge in [-0.2, -0.15) is 0 Å². The molecule has 5 rings (SSSR count). The molecule has 2 saturated carbocycles. The average Bonchev–Trinajstić information content (AvgIpc) is 3.02. The molecular weight excluding hydrogens is 448 g/mol. The van der Waals surface area contributed by atoms with Gasteiger partial charge in [-0.3, -0.25) is 9.69 Å². The van der Waals surface area contributed by atoms with Crippen molar-refractivity contribution in [1.82, 2.24) is 9.62 Å². The molecular formula is C27H42N2O4S. The maximum atomic E-state index is 11.1. The van der Waals surface area contributed by atoms with Gasteiger partial charge in [-0.05, 0) is 68.9 Å². The summed E-state index contributed by atoms with van der Waals surface area (Å²) in [5.74, 6) is 3.50. The maximum Gasteiger partial charge on any atom is 0.266 e. The van der Waals surface area contributed by atoms with E-state index in [0.717, 1.165) is 36.8 Å². The monoisotopic (exact) mass is 490 g/mol. The third-order valence-corrected chi connectivity index (χ3v) is 9.49. The molecule has 1 aromatic carbocycles. The van der Waals surface area contributed by atoms with E-state index in [1.165, 1.54) is 63.6 Å². The van der Waals surface area contributed by atoms with E-state index in [1.54, 1.807) is 18.6 Å². The fourth-order valence-electron chi connectivity index (χ4n) is 6.82. The number of ether oxygens (including phenoxy) is 1. The minimum Gasteiger partial charge on any atom is -0.373 e. The molecule has 2 aliphatic carbocycles. The average molecular weight is 491 g/mol. The SMILES string of the molecule is CC(CC1CCC2CCCCC2C1)CN1CC(C)OC(C)C1.O=C1NS(=O)(=O)c2ccccc21. The van der Waals surface area contributed by atoms with Gasteiger partial charge in [-0.15, -0.1) is 0 Å². The lowest BCUT2D eigenvalue weighted by Crippen LogP contribution is -2.47. The zero-order chi connectivity index (χ0) is 24.3. The van der Waals surface area contributed by atoms with E-state index in [-0.39, 0.29) is 10.5 Å². The number of hydrogen-bond acceptors (Lipinski definition) is 5. The molecule has 6 atom stereocenters. The number of hydrogen-bond donors (Lipinski definition) is 1. The highest BCUT2D eigenvalue weighted by atomic mass is 32.2. The van der Waals surface area contributed by atoms with E-state index in [2.05, 4.69) is 25.7 Å². The highest BCUT2D eigenvalue weighted by molar-refractivity contribution is 7.90. The Kier molecular flexibility index (Phi) is 8.36.